The second-order valence-electron chi connectivity index (χ2n) is 7.04. The van der Waals surface area contributed by atoms with E-state index in [0.29, 0.717) is 23.7 Å². The summed E-state index contributed by atoms with van der Waals surface area (Å²) in [6.45, 7) is 4.52. The number of hydrazone groups is 1. The van der Waals surface area contributed by atoms with Gasteiger partial charge in [0.25, 0.3) is 0 Å². The lowest BCUT2D eigenvalue weighted by atomic mass is 10.1. The van der Waals surface area contributed by atoms with Crippen molar-refractivity contribution in [1.29, 1.82) is 0 Å². The van der Waals surface area contributed by atoms with Crippen molar-refractivity contribution in [2.24, 2.45) is 5.10 Å². The fraction of sp³-hybridized carbons (Fsp3) is 0.364. The Labute approximate surface area is 171 Å². The van der Waals surface area contributed by atoms with Crippen LogP contribution in [0.25, 0.3) is 0 Å². The van der Waals surface area contributed by atoms with E-state index in [1.54, 1.807) is 24.1 Å². The van der Waals surface area contributed by atoms with Gasteiger partial charge in [-0.15, -0.1) is 0 Å². The van der Waals surface area contributed by atoms with Crippen molar-refractivity contribution < 1.29 is 23.9 Å². The van der Waals surface area contributed by atoms with Gasteiger partial charge in [0.05, 0.1) is 59.2 Å². The second-order valence-corrected chi connectivity index (χ2v) is 7.04. The molecule has 0 amide bonds. The molecular weight excluding hydrogens is 370 g/mol. The Balaban J connectivity index is 1.60. The van der Waals surface area contributed by atoms with Gasteiger partial charge in [0.1, 0.15) is 6.61 Å². The maximum Gasteiger partial charge on any atom is 0.337 e. The summed E-state index contributed by atoms with van der Waals surface area (Å²) < 4.78 is 16.1. The molecule has 0 bridgehead atoms. The van der Waals surface area contributed by atoms with Crippen LogP contribution >= 0.6 is 0 Å². The quantitative estimate of drug-likeness (QED) is 0.561. The predicted molar refractivity (Wildman–Crippen MR) is 111 cm³/mol. The van der Waals surface area contributed by atoms with Crippen LogP contribution in [-0.4, -0.2) is 64.6 Å². The molecule has 0 unspecified atom stereocenters. The minimum atomic E-state index is -0.353. The monoisotopic (exact) mass is 398 g/mol. The highest BCUT2D eigenvalue weighted by atomic mass is 16.5. The Morgan fingerprint density at radius 3 is 2.48 bits per heavy atom. The number of hydrogen-bond acceptors (Lipinski definition) is 6. The Bertz CT molecular complexity index is 844. The van der Waals surface area contributed by atoms with Crippen LogP contribution in [0.1, 0.15) is 21.5 Å². The first kappa shape index (κ1) is 20.7. The summed E-state index contributed by atoms with van der Waals surface area (Å²) in [4.78, 5) is 13.0. The van der Waals surface area contributed by atoms with E-state index < -0.39 is 0 Å². The fourth-order valence-electron chi connectivity index (χ4n) is 3.04. The van der Waals surface area contributed by atoms with Gasteiger partial charge in [0.15, 0.2) is 11.5 Å². The molecule has 2 aromatic rings. The molecule has 0 aromatic heterocycles. The predicted octanol–water partition coefficient (Wildman–Crippen LogP) is 1.23. The topological polar surface area (TPSA) is 64.8 Å². The third-order valence-corrected chi connectivity index (χ3v) is 4.92. The van der Waals surface area contributed by atoms with Crippen LogP contribution in [0.15, 0.2) is 47.6 Å². The molecule has 1 saturated heterocycles. The van der Waals surface area contributed by atoms with Crippen LogP contribution in [0.2, 0.25) is 0 Å². The van der Waals surface area contributed by atoms with Crippen molar-refractivity contribution >= 4 is 12.2 Å². The van der Waals surface area contributed by atoms with E-state index in [0.717, 1.165) is 37.3 Å². The Kier molecular flexibility index (Phi) is 7.08. The van der Waals surface area contributed by atoms with E-state index in [2.05, 4.69) is 17.2 Å². The van der Waals surface area contributed by atoms with Gasteiger partial charge in [-0.3, -0.25) is 5.01 Å². The molecule has 0 radical (unpaired) electrons. The molecular formula is C22H28N3O4+. The highest BCUT2D eigenvalue weighted by Gasteiger charge is 2.14. The number of rotatable bonds is 7. The van der Waals surface area contributed by atoms with Crippen molar-refractivity contribution in [3.05, 3.63) is 59.2 Å². The molecule has 7 nitrogen and oxygen atoms in total. The molecule has 29 heavy (non-hydrogen) atoms. The zero-order chi connectivity index (χ0) is 20.6. The van der Waals surface area contributed by atoms with Crippen LogP contribution in [0.5, 0.6) is 11.5 Å². The smallest absolute Gasteiger partial charge is 0.337 e. The van der Waals surface area contributed by atoms with Crippen LogP contribution in [-0.2, 0) is 11.3 Å². The number of ether oxygens (including phenoxy) is 3. The van der Waals surface area contributed by atoms with E-state index in [-0.39, 0.29) is 5.97 Å². The minimum Gasteiger partial charge on any atom is -0.493 e. The molecule has 0 spiro atoms. The number of esters is 1. The number of carbonyl (C=O) groups is 1. The third-order valence-electron chi connectivity index (χ3n) is 4.92. The summed E-state index contributed by atoms with van der Waals surface area (Å²) in [6.07, 6.45) is 1.86. The van der Waals surface area contributed by atoms with Gasteiger partial charge in [0, 0.05) is 0 Å². The van der Waals surface area contributed by atoms with Crippen molar-refractivity contribution in [2.75, 3.05) is 47.4 Å². The SMILES string of the molecule is COC(=O)c1ccc(COc2ccc(/C=N\N3CC[NH+](C)CC3)cc2OC)cc1. The van der Waals surface area contributed by atoms with Crippen LogP contribution in [0.4, 0.5) is 0 Å². The Morgan fingerprint density at radius 2 is 1.83 bits per heavy atom. The van der Waals surface area contributed by atoms with Crippen molar-refractivity contribution in [3.8, 4) is 11.5 Å². The highest BCUT2D eigenvalue weighted by Crippen LogP contribution is 2.28. The van der Waals surface area contributed by atoms with Gasteiger partial charge in [-0.2, -0.15) is 5.10 Å². The van der Waals surface area contributed by atoms with Crippen LogP contribution < -0.4 is 14.4 Å². The molecule has 2 aromatic carbocycles. The second kappa shape index (κ2) is 9.93. The van der Waals surface area contributed by atoms with Crippen LogP contribution in [0, 0.1) is 0 Å². The number of methoxy groups -OCH3 is 2. The molecule has 1 aliphatic rings. The summed E-state index contributed by atoms with van der Waals surface area (Å²) in [7, 11) is 5.20. The Hall–Kier alpha value is -3.06. The van der Waals surface area contributed by atoms with E-state index in [9.17, 15) is 4.79 Å². The molecule has 0 saturated carbocycles. The molecule has 1 fully saturated rings. The van der Waals surface area contributed by atoms with Gasteiger partial charge in [-0.1, -0.05) is 12.1 Å². The van der Waals surface area contributed by atoms with Crippen molar-refractivity contribution in [2.45, 2.75) is 6.61 Å². The first-order valence-corrected chi connectivity index (χ1v) is 9.67. The van der Waals surface area contributed by atoms with Gasteiger partial charge in [-0.05, 0) is 41.5 Å². The summed E-state index contributed by atoms with van der Waals surface area (Å²) in [5.41, 5.74) is 2.42. The van der Waals surface area contributed by atoms with E-state index in [1.807, 2.05) is 36.5 Å². The molecule has 0 aliphatic carbocycles. The van der Waals surface area contributed by atoms with E-state index >= 15 is 0 Å². The average Bonchev–Trinajstić information content (AvgIpc) is 2.77. The fourth-order valence-corrected chi connectivity index (χ4v) is 3.04. The minimum absolute atomic E-state index is 0.353. The van der Waals surface area contributed by atoms with Crippen LogP contribution in [0.3, 0.4) is 0 Å². The lowest BCUT2D eigenvalue weighted by Crippen LogP contribution is -3.11. The maximum absolute atomic E-state index is 11.5. The van der Waals surface area contributed by atoms with Gasteiger partial charge in [-0.25, -0.2) is 4.79 Å². The molecule has 1 N–H and O–H groups in total. The molecule has 3 rings (SSSR count). The summed E-state index contributed by atoms with van der Waals surface area (Å²) >= 11 is 0. The number of quaternary nitrogens is 1. The standard InChI is InChI=1S/C22H27N3O4/c1-24-10-12-25(13-11-24)23-15-18-6-9-20(21(14-18)27-2)29-16-17-4-7-19(8-5-17)22(26)28-3/h4-9,14-15H,10-13,16H2,1-3H3/p+1/b23-15-. The van der Waals surface area contributed by atoms with Gasteiger partial charge in [0.2, 0.25) is 0 Å². The Morgan fingerprint density at radius 1 is 1.10 bits per heavy atom. The summed E-state index contributed by atoms with van der Waals surface area (Å²) in [6, 6.07) is 12.9. The molecule has 154 valence electrons. The highest BCUT2D eigenvalue weighted by molar-refractivity contribution is 5.89. The molecule has 1 heterocycles. The summed E-state index contributed by atoms with van der Waals surface area (Å²) in [5.74, 6) is 0.960. The maximum atomic E-state index is 11.5. The molecule has 0 atom stereocenters. The van der Waals surface area contributed by atoms with Gasteiger partial charge < -0.3 is 19.1 Å². The van der Waals surface area contributed by atoms with Crippen molar-refractivity contribution in [3.63, 3.8) is 0 Å². The zero-order valence-electron chi connectivity index (χ0n) is 17.2. The first-order chi connectivity index (χ1) is 14.1. The largest absolute Gasteiger partial charge is 0.493 e. The molecule has 1 aliphatic heterocycles. The van der Waals surface area contributed by atoms with Crippen molar-refractivity contribution in [1.82, 2.24) is 5.01 Å². The number of likely N-dealkylation sites (N-methyl/N-ethyl adjacent to an activating group) is 1. The lowest BCUT2D eigenvalue weighted by molar-refractivity contribution is -0.884. The first-order valence-electron chi connectivity index (χ1n) is 9.67. The summed E-state index contributed by atoms with van der Waals surface area (Å²) in [5, 5.41) is 6.68. The number of carbonyl (C=O) groups excluding carboxylic acids is 1. The van der Waals surface area contributed by atoms with Gasteiger partial charge >= 0.3 is 5.97 Å². The number of nitrogens with zero attached hydrogens (tertiary/aromatic N) is 2. The number of nitrogens with one attached hydrogen (secondary N) is 1. The number of hydrogen-bond donors (Lipinski definition) is 1. The van der Waals surface area contributed by atoms with E-state index in [1.165, 1.54) is 7.11 Å². The normalized spacial score (nSPS) is 14.8. The number of benzene rings is 2. The third kappa shape index (κ3) is 5.71. The average molecular weight is 398 g/mol. The molecule has 7 heteroatoms. The lowest BCUT2D eigenvalue weighted by Gasteiger charge is -2.27. The zero-order valence-corrected chi connectivity index (χ0v) is 17.2. The van der Waals surface area contributed by atoms with E-state index in [4.69, 9.17) is 14.2 Å². The number of piperazine rings is 1.